The van der Waals surface area contributed by atoms with Crippen LogP contribution in [-0.4, -0.2) is 32.2 Å². The second-order valence-electron chi connectivity index (χ2n) is 3.16. The molecule has 0 saturated carbocycles. The summed E-state index contributed by atoms with van der Waals surface area (Å²) in [6.45, 7) is 3.59. The summed E-state index contributed by atoms with van der Waals surface area (Å²) in [5.74, 6) is 1.48. The molecule has 1 rings (SSSR count). The van der Waals surface area contributed by atoms with E-state index in [0.717, 1.165) is 12.2 Å². The molecule has 0 spiro atoms. The van der Waals surface area contributed by atoms with Crippen molar-refractivity contribution < 1.29 is 8.76 Å². The van der Waals surface area contributed by atoms with Crippen LogP contribution >= 0.6 is 24.0 Å². The molecule has 2 N–H and O–H groups in total. The van der Waals surface area contributed by atoms with Crippen LogP contribution in [0.1, 0.15) is 6.42 Å². The minimum absolute atomic E-state index is 0.0670. The summed E-state index contributed by atoms with van der Waals surface area (Å²) in [7, 11) is -2.56. The SMILES string of the molecule is C=CCSC(=S)N[C@H]1CC[S+](=O)(O)C1. The van der Waals surface area contributed by atoms with Gasteiger partial charge in [-0.05, 0) is 0 Å². The summed E-state index contributed by atoms with van der Waals surface area (Å²) in [6.07, 6.45) is 2.51. The van der Waals surface area contributed by atoms with Crippen LogP contribution < -0.4 is 5.32 Å². The minimum atomic E-state index is -2.56. The first kappa shape index (κ1) is 12.2. The first-order chi connectivity index (χ1) is 6.53. The van der Waals surface area contributed by atoms with Crippen LogP contribution in [0.15, 0.2) is 12.7 Å². The molecular weight excluding hydrogens is 238 g/mol. The Morgan fingerprint density at radius 1 is 1.86 bits per heavy atom. The van der Waals surface area contributed by atoms with E-state index < -0.39 is 10.2 Å². The van der Waals surface area contributed by atoms with Crippen LogP contribution in [0.4, 0.5) is 0 Å². The Hall–Kier alpha value is 0.0900. The van der Waals surface area contributed by atoms with Crippen LogP contribution in [0.3, 0.4) is 0 Å². The van der Waals surface area contributed by atoms with Crippen molar-refractivity contribution >= 4 is 38.5 Å². The van der Waals surface area contributed by atoms with E-state index in [-0.39, 0.29) is 6.04 Å². The lowest BCUT2D eigenvalue weighted by molar-refractivity contribution is 0.502. The predicted molar refractivity (Wildman–Crippen MR) is 67.2 cm³/mol. The Bertz CT molecular complexity index is 280. The van der Waals surface area contributed by atoms with E-state index >= 15 is 0 Å². The zero-order valence-corrected chi connectivity index (χ0v) is 10.2. The number of thioether (sulfide) groups is 1. The molecule has 80 valence electrons. The summed E-state index contributed by atoms with van der Waals surface area (Å²) in [5.41, 5.74) is 0. The average Bonchev–Trinajstić information content (AvgIpc) is 2.42. The van der Waals surface area contributed by atoms with Crippen molar-refractivity contribution in [3.8, 4) is 0 Å². The van der Waals surface area contributed by atoms with Gasteiger partial charge in [-0.3, -0.25) is 0 Å². The van der Waals surface area contributed by atoms with Crippen LogP contribution in [0.5, 0.6) is 0 Å². The van der Waals surface area contributed by atoms with Crippen molar-refractivity contribution in [1.82, 2.24) is 5.32 Å². The zero-order valence-electron chi connectivity index (χ0n) is 7.77. The third-order valence-electron chi connectivity index (χ3n) is 1.90. The Morgan fingerprint density at radius 2 is 2.57 bits per heavy atom. The van der Waals surface area contributed by atoms with Crippen molar-refractivity contribution in [1.29, 1.82) is 0 Å². The van der Waals surface area contributed by atoms with E-state index in [0.29, 0.717) is 15.8 Å². The molecule has 1 heterocycles. The Kier molecular flexibility index (Phi) is 4.56. The van der Waals surface area contributed by atoms with Gasteiger partial charge >= 0.3 is 0 Å². The summed E-state index contributed by atoms with van der Waals surface area (Å²) < 4.78 is 21.2. The molecule has 0 aromatic carbocycles. The highest BCUT2D eigenvalue weighted by Crippen LogP contribution is 2.17. The molecule has 1 aliphatic rings. The van der Waals surface area contributed by atoms with Gasteiger partial charge in [0.25, 0.3) is 0 Å². The van der Waals surface area contributed by atoms with E-state index in [1.807, 2.05) is 0 Å². The maximum atomic E-state index is 11.2. The van der Waals surface area contributed by atoms with Crippen LogP contribution in [-0.2, 0) is 14.4 Å². The number of hydrogen-bond donors (Lipinski definition) is 2. The van der Waals surface area contributed by atoms with Crippen LogP contribution in [0, 0.1) is 0 Å². The van der Waals surface area contributed by atoms with Crippen molar-refractivity contribution in [2.75, 3.05) is 17.3 Å². The first-order valence-electron chi connectivity index (χ1n) is 4.30. The molecule has 0 aromatic rings. The molecule has 1 unspecified atom stereocenters. The van der Waals surface area contributed by atoms with Gasteiger partial charge in [0.15, 0.2) is 5.75 Å². The zero-order chi connectivity index (χ0) is 10.6. The monoisotopic (exact) mass is 252 g/mol. The van der Waals surface area contributed by atoms with Gasteiger partial charge in [0.2, 0.25) is 10.2 Å². The summed E-state index contributed by atoms with van der Waals surface area (Å²) in [6, 6.07) is 0.0670. The molecule has 0 aromatic heterocycles. The fraction of sp³-hybridized carbons (Fsp3) is 0.625. The second kappa shape index (κ2) is 5.25. The fourth-order valence-corrected chi connectivity index (χ4v) is 3.85. The third kappa shape index (κ3) is 4.08. The smallest absolute Gasteiger partial charge is 0.216 e. The maximum Gasteiger partial charge on any atom is 0.216 e. The highest BCUT2D eigenvalue weighted by atomic mass is 32.3. The molecule has 1 aliphatic heterocycles. The quantitative estimate of drug-likeness (QED) is 0.453. The number of rotatable bonds is 3. The van der Waals surface area contributed by atoms with Gasteiger partial charge in [0.05, 0.1) is 6.04 Å². The first-order valence-corrected chi connectivity index (χ1v) is 7.54. The molecule has 0 amide bonds. The molecule has 0 bridgehead atoms. The van der Waals surface area contributed by atoms with E-state index in [2.05, 4.69) is 11.9 Å². The van der Waals surface area contributed by atoms with Crippen molar-refractivity contribution in [2.45, 2.75) is 12.5 Å². The van der Waals surface area contributed by atoms with Crippen LogP contribution in [0.25, 0.3) is 0 Å². The highest BCUT2D eigenvalue weighted by molar-refractivity contribution is 8.23. The fourth-order valence-electron chi connectivity index (χ4n) is 1.26. The lowest BCUT2D eigenvalue weighted by Crippen LogP contribution is -2.33. The molecule has 0 aliphatic carbocycles. The van der Waals surface area contributed by atoms with E-state index in [1.54, 1.807) is 6.08 Å². The van der Waals surface area contributed by atoms with Gasteiger partial charge in [0.1, 0.15) is 10.1 Å². The third-order valence-corrected chi connectivity index (χ3v) is 4.95. The molecule has 3 nitrogen and oxygen atoms in total. The standard InChI is InChI=1S/C8H13NO2S3/c1-2-4-13-8(12)9-7-3-5-14(10,11)6-7/h2,7H,1,3-6H2,(H-,9,10,11,12)/p+1/t7-/m0/s1. The van der Waals surface area contributed by atoms with E-state index in [9.17, 15) is 8.76 Å². The molecule has 14 heavy (non-hydrogen) atoms. The topological polar surface area (TPSA) is 49.3 Å². The van der Waals surface area contributed by atoms with Gasteiger partial charge in [-0.15, -0.1) is 6.58 Å². The number of hydrogen-bond acceptors (Lipinski definition) is 3. The highest BCUT2D eigenvalue weighted by Gasteiger charge is 2.38. The van der Waals surface area contributed by atoms with E-state index in [4.69, 9.17) is 12.2 Å². The summed E-state index contributed by atoms with van der Waals surface area (Å²) in [5, 5.41) is 3.08. The predicted octanol–water partition coefficient (Wildman–Crippen LogP) is 1.52. The molecule has 1 saturated heterocycles. The molecule has 6 heteroatoms. The Balaban J connectivity index is 2.29. The molecule has 2 atom stereocenters. The largest absolute Gasteiger partial charge is 0.363 e. The van der Waals surface area contributed by atoms with Gasteiger partial charge in [-0.1, -0.05) is 34.3 Å². The number of thiocarbonyl (C=S) groups is 1. The molecule has 0 radical (unpaired) electrons. The van der Waals surface area contributed by atoms with E-state index in [1.165, 1.54) is 11.8 Å². The van der Waals surface area contributed by atoms with Crippen molar-refractivity contribution in [3.63, 3.8) is 0 Å². The lowest BCUT2D eigenvalue weighted by atomic mass is 10.3. The van der Waals surface area contributed by atoms with Gasteiger partial charge in [-0.2, -0.15) is 4.55 Å². The van der Waals surface area contributed by atoms with Gasteiger partial charge in [-0.25, -0.2) is 0 Å². The van der Waals surface area contributed by atoms with Crippen LogP contribution in [0.2, 0.25) is 0 Å². The lowest BCUT2D eigenvalue weighted by Gasteiger charge is -2.09. The molecule has 1 fully saturated rings. The molecular formula is C8H14NO2S3+. The second-order valence-corrected chi connectivity index (χ2v) is 7.14. The Morgan fingerprint density at radius 3 is 3.07 bits per heavy atom. The van der Waals surface area contributed by atoms with Gasteiger partial charge < -0.3 is 5.32 Å². The normalized spacial score (nSPS) is 31.4. The summed E-state index contributed by atoms with van der Waals surface area (Å²) >= 11 is 6.55. The summed E-state index contributed by atoms with van der Waals surface area (Å²) in [4.78, 5) is 0. The number of nitrogens with one attached hydrogen (secondary N) is 1. The average molecular weight is 252 g/mol. The minimum Gasteiger partial charge on any atom is -0.363 e. The van der Waals surface area contributed by atoms with Gasteiger partial charge in [0, 0.05) is 12.2 Å². The Labute approximate surface area is 95.0 Å². The maximum absolute atomic E-state index is 11.2. The van der Waals surface area contributed by atoms with Crippen molar-refractivity contribution in [3.05, 3.63) is 12.7 Å². The van der Waals surface area contributed by atoms with Crippen molar-refractivity contribution in [2.24, 2.45) is 0 Å².